The molecule has 0 heterocycles. The van der Waals surface area contributed by atoms with Gasteiger partial charge in [-0.15, -0.1) is 0 Å². The maximum atomic E-state index is 10.1. The summed E-state index contributed by atoms with van der Waals surface area (Å²) < 4.78 is 32.2. The smallest absolute Gasteiger partial charge is 0.389 e. The number of rotatable bonds is 7. The van der Waals surface area contributed by atoms with Crippen LogP contribution in [0.15, 0.2) is 0 Å². The van der Waals surface area contributed by atoms with Crippen LogP contribution in [0.4, 0.5) is 0 Å². The normalized spacial score (nSPS) is 20.1. The van der Waals surface area contributed by atoms with E-state index in [1.54, 1.807) is 0 Å². The fourth-order valence-corrected chi connectivity index (χ4v) is 1.16. The molecule has 0 aromatic rings. The van der Waals surface area contributed by atoms with E-state index in [1.807, 2.05) is 0 Å². The predicted molar refractivity (Wildman–Crippen MR) is 50.6 cm³/mol. The number of aliphatic hydroxyl groups is 4. The standard InChI is InChI=1S/C6H15NO8S/c7-1-3(8)5(10)6(11)4(9)2-15-16(12,13)14/h3-6,8-11H,1-2,7H2,(H,12,13,14). The Balaban J connectivity index is 4.22. The highest BCUT2D eigenvalue weighted by Gasteiger charge is 2.30. The second-order valence-electron chi connectivity index (χ2n) is 3.06. The third kappa shape index (κ3) is 5.67. The summed E-state index contributed by atoms with van der Waals surface area (Å²) in [4.78, 5) is 0. The summed E-state index contributed by atoms with van der Waals surface area (Å²) in [6, 6.07) is 0. The van der Waals surface area contributed by atoms with Crippen molar-refractivity contribution < 1.29 is 37.6 Å². The third-order valence-corrected chi connectivity index (χ3v) is 2.20. The van der Waals surface area contributed by atoms with Crippen molar-refractivity contribution in [3.05, 3.63) is 0 Å². The van der Waals surface area contributed by atoms with E-state index in [0.717, 1.165) is 0 Å². The second kappa shape index (κ2) is 6.42. The maximum Gasteiger partial charge on any atom is 0.397 e. The SMILES string of the molecule is NCC(O)C(O)C(O)C(O)COS(=O)(=O)O. The van der Waals surface area contributed by atoms with E-state index >= 15 is 0 Å². The van der Waals surface area contributed by atoms with Gasteiger partial charge in [0.05, 0.1) is 12.7 Å². The van der Waals surface area contributed by atoms with Crippen LogP contribution in [0.1, 0.15) is 0 Å². The van der Waals surface area contributed by atoms with E-state index in [-0.39, 0.29) is 6.54 Å². The average molecular weight is 261 g/mol. The first-order valence-electron chi connectivity index (χ1n) is 4.23. The summed E-state index contributed by atoms with van der Waals surface area (Å²) in [5.41, 5.74) is 4.98. The van der Waals surface area contributed by atoms with Gasteiger partial charge in [0, 0.05) is 6.54 Å². The molecular formula is C6H15NO8S. The van der Waals surface area contributed by atoms with Gasteiger partial charge >= 0.3 is 10.4 Å². The first kappa shape index (κ1) is 15.7. The van der Waals surface area contributed by atoms with Gasteiger partial charge in [0.1, 0.15) is 18.3 Å². The lowest BCUT2D eigenvalue weighted by Gasteiger charge is -2.25. The molecule has 0 rings (SSSR count). The Morgan fingerprint density at radius 2 is 1.50 bits per heavy atom. The van der Waals surface area contributed by atoms with Gasteiger partial charge in [0.25, 0.3) is 0 Å². The van der Waals surface area contributed by atoms with Crippen LogP contribution in [0.3, 0.4) is 0 Å². The predicted octanol–water partition coefficient (Wildman–Crippen LogP) is -3.79. The molecule has 4 unspecified atom stereocenters. The fourth-order valence-electron chi connectivity index (χ4n) is 0.849. The fraction of sp³-hybridized carbons (Fsp3) is 1.00. The maximum absolute atomic E-state index is 10.1. The van der Waals surface area contributed by atoms with Gasteiger partial charge in [-0.25, -0.2) is 4.18 Å². The number of nitrogens with two attached hydrogens (primary N) is 1. The van der Waals surface area contributed by atoms with Gasteiger partial charge in [0.2, 0.25) is 0 Å². The van der Waals surface area contributed by atoms with E-state index in [2.05, 4.69) is 4.18 Å². The van der Waals surface area contributed by atoms with Crippen molar-refractivity contribution in [2.45, 2.75) is 24.4 Å². The van der Waals surface area contributed by atoms with Crippen LogP contribution in [0.25, 0.3) is 0 Å². The molecular weight excluding hydrogens is 246 g/mol. The third-order valence-electron chi connectivity index (χ3n) is 1.77. The minimum absolute atomic E-state index is 0.357. The van der Waals surface area contributed by atoms with Crippen molar-refractivity contribution in [2.75, 3.05) is 13.2 Å². The molecule has 4 atom stereocenters. The van der Waals surface area contributed by atoms with Crippen LogP contribution in [0.5, 0.6) is 0 Å². The van der Waals surface area contributed by atoms with Crippen molar-refractivity contribution in [1.82, 2.24) is 0 Å². The van der Waals surface area contributed by atoms with Crippen molar-refractivity contribution in [2.24, 2.45) is 5.73 Å². The lowest BCUT2D eigenvalue weighted by molar-refractivity contribution is -0.110. The molecule has 0 amide bonds. The lowest BCUT2D eigenvalue weighted by Crippen LogP contribution is -2.48. The van der Waals surface area contributed by atoms with Crippen LogP contribution in [0, 0.1) is 0 Å². The van der Waals surface area contributed by atoms with Gasteiger partial charge in [-0.2, -0.15) is 8.42 Å². The first-order chi connectivity index (χ1) is 7.19. The van der Waals surface area contributed by atoms with Gasteiger partial charge in [0.15, 0.2) is 0 Å². The second-order valence-corrected chi connectivity index (χ2v) is 4.15. The zero-order chi connectivity index (χ0) is 12.9. The molecule has 0 aromatic heterocycles. The van der Waals surface area contributed by atoms with Crippen LogP contribution < -0.4 is 5.73 Å². The molecule has 9 nitrogen and oxygen atoms in total. The molecule has 0 radical (unpaired) electrons. The largest absolute Gasteiger partial charge is 0.397 e. The Kier molecular flexibility index (Phi) is 6.28. The molecule has 10 heteroatoms. The van der Waals surface area contributed by atoms with E-state index in [0.29, 0.717) is 0 Å². The first-order valence-corrected chi connectivity index (χ1v) is 5.59. The van der Waals surface area contributed by atoms with Crippen molar-refractivity contribution in [3.8, 4) is 0 Å². The quantitative estimate of drug-likeness (QED) is 0.251. The molecule has 16 heavy (non-hydrogen) atoms. The average Bonchev–Trinajstić information content (AvgIpc) is 2.21. The van der Waals surface area contributed by atoms with Crippen LogP contribution in [0.2, 0.25) is 0 Å². The van der Waals surface area contributed by atoms with Crippen molar-refractivity contribution >= 4 is 10.4 Å². The van der Waals surface area contributed by atoms with Gasteiger partial charge in [-0.1, -0.05) is 0 Å². The zero-order valence-corrected chi connectivity index (χ0v) is 8.99. The number of hydrogen-bond acceptors (Lipinski definition) is 8. The summed E-state index contributed by atoms with van der Waals surface area (Å²) in [6.07, 6.45) is -6.90. The summed E-state index contributed by atoms with van der Waals surface area (Å²) in [7, 11) is -4.74. The van der Waals surface area contributed by atoms with E-state index in [4.69, 9.17) is 20.5 Å². The molecule has 0 aliphatic rings. The van der Waals surface area contributed by atoms with Gasteiger partial charge < -0.3 is 26.2 Å². The van der Waals surface area contributed by atoms with Gasteiger partial charge in [-0.3, -0.25) is 4.55 Å². The van der Waals surface area contributed by atoms with Crippen LogP contribution in [-0.4, -0.2) is 71.0 Å². The van der Waals surface area contributed by atoms with Gasteiger partial charge in [-0.05, 0) is 0 Å². The molecule has 0 aliphatic heterocycles. The highest BCUT2D eigenvalue weighted by atomic mass is 32.3. The van der Waals surface area contributed by atoms with Crippen LogP contribution in [-0.2, 0) is 14.6 Å². The Morgan fingerprint density at radius 1 is 1.06 bits per heavy atom. The van der Waals surface area contributed by atoms with E-state index < -0.39 is 41.4 Å². The Morgan fingerprint density at radius 3 is 1.88 bits per heavy atom. The van der Waals surface area contributed by atoms with E-state index in [9.17, 15) is 18.6 Å². The summed E-state index contributed by atoms with van der Waals surface area (Å²) in [6.45, 7) is -1.32. The molecule has 0 spiro atoms. The Hall–Kier alpha value is -0.330. The molecule has 0 bridgehead atoms. The molecule has 0 aliphatic carbocycles. The zero-order valence-electron chi connectivity index (χ0n) is 8.17. The summed E-state index contributed by atoms with van der Waals surface area (Å²) in [5.74, 6) is 0. The van der Waals surface area contributed by atoms with Crippen LogP contribution >= 0.6 is 0 Å². The molecule has 0 fully saturated rings. The molecule has 7 N–H and O–H groups in total. The topological polar surface area (TPSA) is 171 Å². The van der Waals surface area contributed by atoms with Crippen molar-refractivity contribution in [1.29, 1.82) is 0 Å². The minimum Gasteiger partial charge on any atom is -0.389 e. The Bertz CT molecular complexity index is 293. The molecule has 0 aromatic carbocycles. The molecule has 0 saturated carbocycles. The minimum atomic E-state index is -4.74. The van der Waals surface area contributed by atoms with Crippen molar-refractivity contribution in [3.63, 3.8) is 0 Å². The highest BCUT2D eigenvalue weighted by Crippen LogP contribution is 2.05. The summed E-state index contributed by atoms with van der Waals surface area (Å²) in [5, 5.41) is 36.5. The number of aliphatic hydroxyl groups excluding tert-OH is 4. The molecule has 0 saturated heterocycles. The van der Waals surface area contributed by atoms with E-state index in [1.165, 1.54) is 0 Å². The molecule has 98 valence electrons. The lowest BCUT2D eigenvalue weighted by atomic mass is 10.0. The Labute approximate surface area is 92.0 Å². The monoisotopic (exact) mass is 261 g/mol. The summed E-state index contributed by atoms with van der Waals surface area (Å²) >= 11 is 0. The highest BCUT2D eigenvalue weighted by molar-refractivity contribution is 7.80. The number of hydrogen-bond donors (Lipinski definition) is 6.